The maximum atomic E-state index is 11.9. The van der Waals surface area contributed by atoms with Crippen molar-refractivity contribution in [3.63, 3.8) is 0 Å². The van der Waals surface area contributed by atoms with E-state index in [0.29, 0.717) is 21.9 Å². The fourth-order valence-corrected chi connectivity index (χ4v) is 2.06. The van der Waals surface area contributed by atoms with Crippen LogP contribution < -0.4 is 5.43 Å². The van der Waals surface area contributed by atoms with E-state index in [1.807, 2.05) is 0 Å². The zero-order valence-electron chi connectivity index (χ0n) is 11.1. The van der Waals surface area contributed by atoms with E-state index in [2.05, 4.69) is 10.5 Å². The predicted molar refractivity (Wildman–Crippen MR) is 84.2 cm³/mol. The average molecular weight is 323 g/mol. The van der Waals surface area contributed by atoms with Crippen LogP contribution in [-0.2, 0) is 0 Å². The molecule has 0 fully saturated rings. The Morgan fingerprint density at radius 2 is 1.90 bits per heavy atom. The van der Waals surface area contributed by atoms with Gasteiger partial charge in [0.05, 0.1) is 10.7 Å². The van der Waals surface area contributed by atoms with Gasteiger partial charge in [0.1, 0.15) is 5.75 Å². The van der Waals surface area contributed by atoms with Crippen molar-refractivity contribution < 1.29 is 9.90 Å². The Morgan fingerprint density at radius 3 is 2.62 bits per heavy atom. The van der Waals surface area contributed by atoms with E-state index in [9.17, 15) is 9.90 Å². The molecule has 21 heavy (non-hydrogen) atoms. The van der Waals surface area contributed by atoms with Gasteiger partial charge in [-0.1, -0.05) is 35.3 Å². The summed E-state index contributed by atoms with van der Waals surface area (Å²) in [4.78, 5) is 11.9. The summed E-state index contributed by atoms with van der Waals surface area (Å²) >= 11 is 11.6. The van der Waals surface area contributed by atoms with Crippen molar-refractivity contribution in [1.82, 2.24) is 5.43 Å². The normalized spacial score (nSPS) is 11.3. The zero-order chi connectivity index (χ0) is 15.4. The highest BCUT2D eigenvalue weighted by atomic mass is 35.5. The number of para-hydroxylation sites is 1. The summed E-state index contributed by atoms with van der Waals surface area (Å²) in [7, 11) is 0. The van der Waals surface area contributed by atoms with Crippen molar-refractivity contribution in [1.29, 1.82) is 0 Å². The van der Waals surface area contributed by atoms with Gasteiger partial charge in [0.15, 0.2) is 0 Å². The van der Waals surface area contributed by atoms with Crippen molar-refractivity contribution >= 4 is 34.8 Å². The van der Waals surface area contributed by atoms with Crippen LogP contribution in [0.25, 0.3) is 0 Å². The number of benzene rings is 2. The first kappa shape index (κ1) is 15.4. The Morgan fingerprint density at radius 1 is 1.19 bits per heavy atom. The van der Waals surface area contributed by atoms with E-state index in [1.54, 1.807) is 49.4 Å². The summed E-state index contributed by atoms with van der Waals surface area (Å²) in [5.41, 5.74) is 3.69. The number of rotatable bonds is 3. The predicted octanol–water partition coefficient (Wildman–Crippen LogP) is 3.85. The van der Waals surface area contributed by atoms with E-state index < -0.39 is 5.91 Å². The molecule has 0 aliphatic carbocycles. The van der Waals surface area contributed by atoms with Crippen LogP contribution in [0.1, 0.15) is 22.8 Å². The molecule has 0 atom stereocenters. The number of carbonyl (C=O) groups is 1. The minimum absolute atomic E-state index is 0.0718. The topological polar surface area (TPSA) is 61.7 Å². The lowest BCUT2D eigenvalue weighted by molar-refractivity contribution is 0.0955. The molecule has 0 aliphatic heterocycles. The van der Waals surface area contributed by atoms with Crippen LogP contribution >= 0.6 is 23.2 Å². The van der Waals surface area contributed by atoms with Gasteiger partial charge in [0.25, 0.3) is 5.91 Å². The molecule has 0 saturated carbocycles. The first-order chi connectivity index (χ1) is 9.99. The fraction of sp³-hybridized carbons (Fsp3) is 0.0667. The van der Waals surface area contributed by atoms with E-state index in [0.717, 1.165) is 0 Å². The summed E-state index contributed by atoms with van der Waals surface area (Å²) in [6.07, 6.45) is 0. The Labute approximate surface area is 132 Å². The number of amides is 1. The number of hydrazone groups is 1. The van der Waals surface area contributed by atoms with Gasteiger partial charge in [-0.25, -0.2) is 5.43 Å². The third-order valence-electron chi connectivity index (χ3n) is 2.79. The summed E-state index contributed by atoms with van der Waals surface area (Å²) < 4.78 is 0. The van der Waals surface area contributed by atoms with Crippen LogP contribution in [0.15, 0.2) is 47.6 Å². The molecule has 0 bridgehead atoms. The van der Waals surface area contributed by atoms with Crippen LogP contribution in [0.5, 0.6) is 5.75 Å². The van der Waals surface area contributed by atoms with Gasteiger partial charge in [0.2, 0.25) is 0 Å². The van der Waals surface area contributed by atoms with Gasteiger partial charge < -0.3 is 5.11 Å². The van der Waals surface area contributed by atoms with Gasteiger partial charge in [0, 0.05) is 16.1 Å². The number of aromatic hydroxyl groups is 1. The second-order valence-corrected chi connectivity index (χ2v) is 5.13. The molecule has 0 radical (unpaired) electrons. The quantitative estimate of drug-likeness (QED) is 0.666. The maximum absolute atomic E-state index is 11.9. The minimum Gasteiger partial charge on any atom is -0.506 e. The Bertz CT molecular complexity index is 715. The lowest BCUT2D eigenvalue weighted by Gasteiger charge is -2.06. The van der Waals surface area contributed by atoms with Gasteiger partial charge in [-0.15, -0.1) is 0 Å². The number of carbonyl (C=O) groups excluding carboxylic acids is 1. The first-order valence-electron chi connectivity index (χ1n) is 6.07. The lowest BCUT2D eigenvalue weighted by atomic mass is 10.1. The largest absolute Gasteiger partial charge is 0.506 e. The van der Waals surface area contributed by atoms with Crippen molar-refractivity contribution in [2.45, 2.75) is 6.92 Å². The highest BCUT2D eigenvalue weighted by Crippen LogP contribution is 2.27. The van der Waals surface area contributed by atoms with E-state index in [4.69, 9.17) is 23.2 Å². The molecule has 0 aromatic heterocycles. The molecule has 6 heteroatoms. The van der Waals surface area contributed by atoms with Gasteiger partial charge in [-0.05, 0) is 37.3 Å². The summed E-state index contributed by atoms with van der Waals surface area (Å²) in [5, 5.41) is 14.5. The molecule has 108 valence electrons. The van der Waals surface area contributed by atoms with E-state index >= 15 is 0 Å². The van der Waals surface area contributed by atoms with Crippen LogP contribution in [0.2, 0.25) is 10.0 Å². The minimum atomic E-state index is -0.390. The second-order valence-electron chi connectivity index (χ2n) is 4.28. The molecule has 2 rings (SSSR count). The van der Waals surface area contributed by atoms with E-state index in [-0.39, 0.29) is 10.8 Å². The smallest absolute Gasteiger partial charge is 0.271 e. The number of nitrogens with zero attached hydrogens (tertiary/aromatic N) is 1. The van der Waals surface area contributed by atoms with Crippen LogP contribution in [0, 0.1) is 0 Å². The molecule has 0 unspecified atom stereocenters. The Hall–Kier alpha value is -2.04. The van der Waals surface area contributed by atoms with Crippen molar-refractivity contribution in [3.8, 4) is 5.75 Å². The highest BCUT2D eigenvalue weighted by Gasteiger charge is 2.09. The molecule has 0 saturated heterocycles. The van der Waals surface area contributed by atoms with Crippen LogP contribution in [0.4, 0.5) is 0 Å². The first-order valence-corrected chi connectivity index (χ1v) is 6.82. The number of hydrogen-bond acceptors (Lipinski definition) is 3. The standard InChI is InChI=1S/C15H12Cl2N2O2/c1-9(12-6-3-7-13(17)14(12)20)18-19-15(21)10-4-2-5-11(16)8-10/h2-8,20H,1H3,(H,19,21). The molecular weight excluding hydrogens is 311 g/mol. The fourth-order valence-electron chi connectivity index (χ4n) is 1.70. The number of nitrogens with one attached hydrogen (secondary N) is 1. The molecule has 0 aliphatic rings. The molecule has 4 nitrogen and oxygen atoms in total. The van der Waals surface area contributed by atoms with Gasteiger partial charge >= 0.3 is 0 Å². The Kier molecular flexibility index (Phi) is 4.83. The average Bonchev–Trinajstić information content (AvgIpc) is 2.47. The molecule has 1 amide bonds. The number of hydrogen-bond donors (Lipinski definition) is 2. The zero-order valence-corrected chi connectivity index (χ0v) is 12.6. The molecule has 2 aromatic carbocycles. The third-order valence-corrected chi connectivity index (χ3v) is 3.33. The second kappa shape index (κ2) is 6.61. The summed E-state index contributed by atoms with van der Waals surface area (Å²) in [6, 6.07) is 11.4. The third kappa shape index (κ3) is 3.74. The van der Waals surface area contributed by atoms with Gasteiger partial charge in [-0.2, -0.15) is 5.10 Å². The van der Waals surface area contributed by atoms with Gasteiger partial charge in [-0.3, -0.25) is 4.79 Å². The van der Waals surface area contributed by atoms with Crippen molar-refractivity contribution in [2.75, 3.05) is 0 Å². The van der Waals surface area contributed by atoms with Crippen LogP contribution in [0.3, 0.4) is 0 Å². The van der Waals surface area contributed by atoms with Crippen molar-refractivity contribution in [2.24, 2.45) is 5.10 Å². The molecule has 0 heterocycles. The Balaban J connectivity index is 2.17. The summed E-state index contributed by atoms with van der Waals surface area (Å²) in [6.45, 7) is 1.66. The molecule has 0 spiro atoms. The van der Waals surface area contributed by atoms with E-state index in [1.165, 1.54) is 0 Å². The molecule has 2 N–H and O–H groups in total. The van der Waals surface area contributed by atoms with Crippen LogP contribution in [-0.4, -0.2) is 16.7 Å². The molecular formula is C15H12Cl2N2O2. The lowest BCUT2D eigenvalue weighted by Crippen LogP contribution is -2.19. The number of phenols is 1. The summed E-state index contributed by atoms with van der Waals surface area (Å²) in [5.74, 6) is -0.462. The maximum Gasteiger partial charge on any atom is 0.271 e. The highest BCUT2D eigenvalue weighted by molar-refractivity contribution is 6.32. The SMILES string of the molecule is CC(=NNC(=O)c1cccc(Cl)c1)c1cccc(Cl)c1O. The molecule has 2 aromatic rings. The number of phenolic OH excluding ortho intramolecular Hbond substituents is 1. The number of halogens is 2. The monoisotopic (exact) mass is 322 g/mol. The van der Waals surface area contributed by atoms with Crippen molar-refractivity contribution in [3.05, 3.63) is 63.6 Å².